The number of nitrogens with zero attached hydrogens (tertiary/aromatic N) is 1. The van der Waals surface area contributed by atoms with Gasteiger partial charge in [-0.1, -0.05) is 35.6 Å². The molecule has 0 saturated heterocycles. The van der Waals surface area contributed by atoms with Gasteiger partial charge in [0.05, 0.1) is 16.5 Å². The molecule has 9 heteroatoms. The first-order valence-corrected chi connectivity index (χ1v) is 9.62. The first kappa shape index (κ1) is 21.3. The Hall–Kier alpha value is -3.96. The third-order valence-corrected chi connectivity index (χ3v) is 4.78. The fraction of sp³-hybridized carbons (Fsp3) is 0.0435. The van der Waals surface area contributed by atoms with E-state index < -0.39 is 17.6 Å². The lowest BCUT2D eigenvalue weighted by Gasteiger charge is -2.11. The van der Waals surface area contributed by atoms with Crippen molar-refractivity contribution < 1.29 is 18.0 Å². The van der Waals surface area contributed by atoms with E-state index in [0.29, 0.717) is 22.3 Å². The van der Waals surface area contributed by atoms with Gasteiger partial charge in [-0.15, -0.1) is 0 Å². The normalized spacial score (nSPS) is 11.1. The SMILES string of the molecule is Nc1n[nH]c2cccc(C#Cc3cccc(C(=O)Nc4cc(Cl)cc(C(F)(F)F)c4)c3)c12. The van der Waals surface area contributed by atoms with Gasteiger partial charge < -0.3 is 11.1 Å². The van der Waals surface area contributed by atoms with Crippen LogP contribution in [0.4, 0.5) is 24.7 Å². The van der Waals surface area contributed by atoms with E-state index in [-0.39, 0.29) is 16.3 Å². The summed E-state index contributed by atoms with van der Waals surface area (Å²) in [6.07, 6.45) is -4.58. The number of amides is 1. The molecule has 0 aliphatic carbocycles. The van der Waals surface area contributed by atoms with E-state index in [1.54, 1.807) is 18.2 Å². The van der Waals surface area contributed by atoms with Gasteiger partial charge in [0.15, 0.2) is 5.82 Å². The minimum Gasteiger partial charge on any atom is -0.382 e. The van der Waals surface area contributed by atoms with Gasteiger partial charge in [0, 0.05) is 27.4 Å². The van der Waals surface area contributed by atoms with Crippen molar-refractivity contribution in [3.63, 3.8) is 0 Å². The minimum atomic E-state index is -4.58. The van der Waals surface area contributed by atoms with E-state index in [2.05, 4.69) is 27.4 Å². The predicted octanol–water partition coefficient (Wildman–Crippen LogP) is 5.47. The number of alkyl halides is 3. The number of carbonyl (C=O) groups excluding carboxylic acids is 1. The second-order valence-electron chi connectivity index (χ2n) is 6.85. The lowest BCUT2D eigenvalue weighted by atomic mass is 10.1. The highest BCUT2D eigenvalue weighted by Gasteiger charge is 2.31. The zero-order chi connectivity index (χ0) is 22.9. The maximum absolute atomic E-state index is 13.0. The second-order valence-corrected chi connectivity index (χ2v) is 7.28. The molecule has 32 heavy (non-hydrogen) atoms. The molecule has 0 radical (unpaired) electrons. The molecule has 160 valence electrons. The summed E-state index contributed by atoms with van der Waals surface area (Å²) in [5.74, 6) is 5.72. The highest BCUT2D eigenvalue weighted by atomic mass is 35.5. The predicted molar refractivity (Wildman–Crippen MR) is 117 cm³/mol. The van der Waals surface area contributed by atoms with Gasteiger partial charge in [0.2, 0.25) is 0 Å². The molecule has 1 heterocycles. The number of halogens is 4. The molecule has 0 saturated carbocycles. The van der Waals surface area contributed by atoms with E-state index in [9.17, 15) is 18.0 Å². The van der Waals surface area contributed by atoms with Crippen LogP contribution < -0.4 is 11.1 Å². The molecule has 0 unspecified atom stereocenters. The smallest absolute Gasteiger partial charge is 0.382 e. The third-order valence-electron chi connectivity index (χ3n) is 4.57. The van der Waals surface area contributed by atoms with Crippen molar-refractivity contribution in [1.82, 2.24) is 10.2 Å². The van der Waals surface area contributed by atoms with Crippen molar-refractivity contribution in [1.29, 1.82) is 0 Å². The summed E-state index contributed by atoms with van der Waals surface area (Å²) in [6, 6.07) is 14.7. The van der Waals surface area contributed by atoms with Crippen LogP contribution in [-0.2, 0) is 6.18 Å². The van der Waals surface area contributed by atoms with Crippen molar-refractivity contribution in [2.75, 3.05) is 11.1 Å². The summed E-state index contributed by atoms with van der Waals surface area (Å²) in [6.45, 7) is 0. The number of benzene rings is 3. The standard InChI is InChI=1S/C23H14ClF3N4O/c24-17-10-16(23(25,26)27)11-18(12-17)29-22(32)15-5-1-3-13(9-15)7-8-14-4-2-6-19-20(14)21(28)31-30-19/h1-6,9-12H,(H,29,32)(H3,28,30,31). The van der Waals surface area contributed by atoms with E-state index >= 15 is 0 Å². The number of hydrogen-bond acceptors (Lipinski definition) is 3. The number of nitrogen functional groups attached to an aromatic ring is 1. The maximum atomic E-state index is 13.0. The molecule has 0 fully saturated rings. The van der Waals surface area contributed by atoms with Crippen LogP contribution in [0.2, 0.25) is 5.02 Å². The van der Waals surface area contributed by atoms with Crippen LogP contribution in [0.1, 0.15) is 27.0 Å². The van der Waals surface area contributed by atoms with Gasteiger partial charge in [-0.3, -0.25) is 9.89 Å². The fourth-order valence-corrected chi connectivity index (χ4v) is 3.34. The quantitative estimate of drug-likeness (QED) is 0.351. The van der Waals surface area contributed by atoms with Crippen molar-refractivity contribution >= 4 is 39.9 Å². The highest BCUT2D eigenvalue weighted by Crippen LogP contribution is 2.33. The Morgan fingerprint density at radius 3 is 2.62 bits per heavy atom. The molecule has 0 atom stereocenters. The molecule has 5 nitrogen and oxygen atoms in total. The number of carbonyl (C=O) groups is 1. The molecular formula is C23H14ClF3N4O. The minimum absolute atomic E-state index is 0.0616. The number of anilines is 2. The lowest BCUT2D eigenvalue weighted by Crippen LogP contribution is -2.13. The summed E-state index contributed by atoms with van der Waals surface area (Å²) < 4.78 is 39.0. The van der Waals surface area contributed by atoms with Crippen molar-refractivity contribution in [2.45, 2.75) is 6.18 Å². The summed E-state index contributed by atoms with van der Waals surface area (Å²) in [4.78, 5) is 12.6. The average molecular weight is 455 g/mol. The molecule has 0 spiro atoms. The van der Waals surface area contributed by atoms with Crippen molar-refractivity contribution in [3.05, 3.63) is 87.9 Å². The van der Waals surface area contributed by atoms with Crippen molar-refractivity contribution in [2.24, 2.45) is 0 Å². The van der Waals surface area contributed by atoms with E-state index in [1.807, 2.05) is 12.1 Å². The molecule has 3 aromatic carbocycles. The average Bonchev–Trinajstić information content (AvgIpc) is 3.13. The van der Waals surface area contributed by atoms with Crippen LogP contribution in [0, 0.1) is 11.8 Å². The van der Waals surface area contributed by atoms with Crippen LogP contribution in [0.15, 0.2) is 60.7 Å². The summed E-state index contributed by atoms with van der Waals surface area (Å²) >= 11 is 5.77. The number of nitrogens with two attached hydrogens (primary N) is 1. The van der Waals surface area contributed by atoms with Gasteiger partial charge in [0.1, 0.15) is 0 Å². The lowest BCUT2D eigenvalue weighted by molar-refractivity contribution is -0.137. The zero-order valence-corrected chi connectivity index (χ0v) is 17.0. The van der Waals surface area contributed by atoms with Gasteiger partial charge >= 0.3 is 6.18 Å². The van der Waals surface area contributed by atoms with Crippen LogP contribution >= 0.6 is 11.6 Å². The highest BCUT2D eigenvalue weighted by molar-refractivity contribution is 6.31. The van der Waals surface area contributed by atoms with E-state index in [0.717, 1.165) is 17.6 Å². The third kappa shape index (κ3) is 4.53. The number of hydrogen-bond donors (Lipinski definition) is 3. The van der Waals surface area contributed by atoms with Crippen molar-refractivity contribution in [3.8, 4) is 11.8 Å². The number of aromatic nitrogens is 2. The topological polar surface area (TPSA) is 83.8 Å². The Morgan fingerprint density at radius 1 is 1.06 bits per heavy atom. The van der Waals surface area contributed by atoms with Gasteiger partial charge in [0.25, 0.3) is 5.91 Å². The number of rotatable bonds is 2. The summed E-state index contributed by atoms with van der Waals surface area (Å²) in [5.41, 5.74) is 7.06. The van der Waals surface area contributed by atoms with Gasteiger partial charge in [-0.25, -0.2) is 0 Å². The molecule has 4 rings (SSSR count). The number of fused-ring (bicyclic) bond motifs is 1. The van der Waals surface area contributed by atoms with Crippen LogP contribution in [-0.4, -0.2) is 16.1 Å². The maximum Gasteiger partial charge on any atom is 0.416 e. The first-order chi connectivity index (χ1) is 15.2. The molecule has 0 bridgehead atoms. The molecule has 1 amide bonds. The molecule has 0 aliphatic rings. The molecular weight excluding hydrogens is 441 g/mol. The second kappa shape index (κ2) is 8.29. The van der Waals surface area contributed by atoms with Gasteiger partial charge in [-0.2, -0.15) is 18.3 Å². The summed E-state index contributed by atoms with van der Waals surface area (Å²) in [5, 5.41) is 9.79. The largest absolute Gasteiger partial charge is 0.416 e. The monoisotopic (exact) mass is 454 g/mol. The van der Waals surface area contributed by atoms with Crippen LogP contribution in [0.3, 0.4) is 0 Å². The van der Waals surface area contributed by atoms with Gasteiger partial charge in [-0.05, 0) is 48.5 Å². The zero-order valence-electron chi connectivity index (χ0n) is 16.2. The number of aromatic amines is 1. The van der Waals surface area contributed by atoms with E-state index in [4.69, 9.17) is 17.3 Å². The molecule has 0 aliphatic heterocycles. The number of nitrogens with one attached hydrogen (secondary N) is 2. The Balaban J connectivity index is 1.59. The molecule has 4 N–H and O–H groups in total. The Bertz CT molecular complexity index is 1400. The van der Waals surface area contributed by atoms with Crippen LogP contribution in [0.25, 0.3) is 10.9 Å². The van der Waals surface area contributed by atoms with E-state index in [1.165, 1.54) is 18.2 Å². The molecule has 1 aromatic heterocycles. The molecule has 4 aromatic rings. The summed E-state index contributed by atoms with van der Waals surface area (Å²) in [7, 11) is 0. The number of H-pyrrole nitrogens is 1. The van der Waals surface area contributed by atoms with Crippen LogP contribution in [0.5, 0.6) is 0 Å². The fourth-order valence-electron chi connectivity index (χ4n) is 3.11. The Labute approximate surface area is 185 Å². The Kier molecular flexibility index (Phi) is 5.51. The Morgan fingerprint density at radius 2 is 1.84 bits per heavy atom. The first-order valence-electron chi connectivity index (χ1n) is 9.24.